The number of methoxy groups -OCH3 is 2. The second kappa shape index (κ2) is 9.18. The highest BCUT2D eigenvalue weighted by Gasteiger charge is 2.35. The van der Waals surface area contributed by atoms with Crippen molar-refractivity contribution in [3.63, 3.8) is 0 Å². The smallest absolute Gasteiger partial charge is 0.419 e. The molecule has 0 saturated carbocycles. The molecule has 0 amide bonds. The van der Waals surface area contributed by atoms with E-state index in [1.807, 2.05) is 0 Å². The normalized spacial score (nSPS) is 12.5. The molecule has 1 aromatic heterocycles. The molecule has 12 heteroatoms. The maximum atomic E-state index is 13.7. The van der Waals surface area contributed by atoms with Crippen molar-refractivity contribution < 1.29 is 35.6 Å². The van der Waals surface area contributed by atoms with Gasteiger partial charge in [0.2, 0.25) is 5.13 Å². The Bertz CT molecular complexity index is 1100. The minimum atomic E-state index is -4.97. The molecule has 0 saturated heterocycles. The van der Waals surface area contributed by atoms with E-state index in [1.54, 1.807) is 18.2 Å². The number of benzene rings is 2. The highest BCUT2D eigenvalue weighted by molar-refractivity contribution is 7.86. The molecule has 5 nitrogen and oxygen atoms in total. The maximum absolute atomic E-state index is 13.7. The molecular formula is C19H15F5N2O3S2. The quantitative estimate of drug-likeness (QED) is 0.439. The van der Waals surface area contributed by atoms with Crippen LogP contribution in [0, 0.1) is 10.9 Å². The van der Waals surface area contributed by atoms with Crippen LogP contribution in [0.15, 0.2) is 47.5 Å². The minimum absolute atomic E-state index is 0.0356. The lowest BCUT2D eigenvalue weighted by atomic mass is 10.2. The molecule has 1 atom stereocenters. The summed E-state index contributed by atoms with van der Waals surface area (Å²) < 4.78 is 91.3. The fraction of sp³-hybridized carbons (Fsp3) is 0.211. The molecule has 0 fully saturated rings. The summed E-state index contributed by atoms with van der Waals surface area (Å²) in [6.45, 7) is -0.147. The molecule has 2 aromatic carbocycles. The zero-order valence-corrected chi connectivity index (χ0v) is 17.7. The van der Waals surface area contributed by atoms with Crippen LogP contribution < -0.4 is 13.8 Å². The van der Waals surface area contributed by atoms with E-state index in [4.69, 9.17) is 9.47 Å². The van der Waals surface area contributed by atoms with Gasteiger partial charge in [0.1, 0.15) is 17.3 Å². The number of alkyl halides is 3. The summed E-state index contributed by atoms with van der Waals surface area (Å²) in [4.78, 5) is 3.53. The number of rotatable bonds is 7. The van der Waals surface area contributed by atoms with Gasteiger partial charge in [-0.2, -0.15) is 17.6 Å². The van der Waals surface area contributed by atoms with Gasteiger partial charge in [0.15, 0.2) is 16.1 Å². The van der Waals surface area contributed by atoms with Gasteiger partial charge >= 0.3 is 6.18 Å². The summed E-state index contributed by atoms with van der Waals surface area (Å²) in [5.41, 5.74) is -1.06. The van der Waals surface area contributed by atoms with Crippen LogP contribution in [0.4, 0.5) is 27.1 Å². The fourth-order valence-electron chi connectivity index (χ4n) is 2.65. The molecule has 0 aliphatic carbocycles. The number of nitrogens with zero attached hydrogens (tertiary/aromatic N) is 2. The number of hydrogen-bond donors (Lipinski definition) is 0. The third-order valence-corrected chi connectivity index (χ3v) is 6.42. The third-order valence-electron chi connectivity index (χ3n) is 4.13. The Morgan fingerprint density at radius 2 is 1.84 bits per heavy atom. The summed E-state index contributed by atoms with van der Waals surface area (Å²) >= 11 is 0.565. The van der Waals surface area contributed by atoms with Crippen LogP contribution in [0.1, 0.15) is 11.1 Å². The maximum Gasteiger partial charge on any atom is 0.419 e. The summed E-state index contributed by atoms with van der Waals surface area (Å²) in [6.07, 6.45) is -4.07. The third kappa shape index (κ3) is 5.13. The molecule has 1 heterocycles. The van der Waals surface area contributed by atoms with E-state index in [0.29, 0.717) is 40.5 Å². The first kappa shape index (κ1) is 22.9. The average molecular weight is 478 g/mol. The van der Waals surface area contributed by atoms with Crippen molar-refractivity contribution in [1.29, 1.82) is 0 Å². The van der Waals surface area contributed by atoms with Gasteiger partial charge in [0.05, 0.1) is 37.4 Å². The zero-order chi connectivity index (χ0) is 22.8. The van der Waals surface area contributed by atoms with Gasteiger partial charge < -0.3 is 9.47 Å². The molecule has 0 N–H and O–H groups in total. The van der Waals surface area contributed by atoms with Crippen molar-refractivity contribution in [2.45, 2.75) is 17.6 Å². The number of thiazole rings is 1. The van der Waals surface area contributed by atoms with Crippen molar-refractivity contribution in [3.8, 4) is 11.5 Å². The van der Waals surface area contributed by atoms with E-state index in [9.17, 15) is 26.2 Å². The Balaban J connectivity index is 2.04. The van der Waals surface area contributed by atoms with E-state index >= 15 is 0 Å². The zero-order valence-electron chi connectivity index (χ0n) is 16.1. The summed E-state index contributed by atoms with van der Waals surface area (Å²) in [5.74, 6) is -0.646. The van der Waals surface area contributed by atoms with Crippen molar-refractivity contribution in [1.82, 2.24) is 4.98 Å². The van der Waals surface area contributed by atoms with Crippen LogP contribution >= 0.6 is 11.3 Å². The Hall–Kier alpha value is -2.73. The van der Waals surface area contributed by atoms with E-state index < -0.39 is 33.7 Å². The summed E-state index contributed by atoms with van der Waals surface area (Å²) in [6, 6.07) is 6.82. The van der Waals surface area contributed by atoms with E-state index in [-0.39, 0.29) is 16.6 Å². The highest BCUT2D eigenvalue weighted by Crippen LogP contribution is 2.35. The van der Waals surface area contributed by atoms with Crippen molar-refractivity contribution in [2.24, 2.45) is 0 Å². The molecule has 0 spiro atoms. The predicted octanol–water partition coefficient (Wildman–Crippen LogP) is 5.19. The number of anilines is 1. The van der Waals surface area contributed by atoms with Crippen LogP contribution in [0.3, 0.4) is 0 Å². The highest BCUT2D eigenvalue weighted by atomic mass is 32.2. The van der Waals surface area contributed by atoms with Gasteiger partial charge in [0.25, 0.3) is 0 Å². The summed E-state index contributed by atoms with van der Waals surface area (Å²) in [5, 5.41) is -0.708. The first-order valence-electron chi connectivity index (χ1n) is 8.52. The van der Waals surface area contributed by atoms with Crippen molar-refractivity contribution >= 4 is 27.5 Å². The van der Waals surface area contributed by atoms with Crippen LogP contribution in [0.5, 0.6) is 11.5 Å². The standard InChI is InChI=1S/C19H15F5N2O3S2/c1-28-12-4-3-11(16(7-12)29-2)10-26(18-25-9-17(21)30-18)31(27)13-5-6-15(20)14(8-13)19(22,23)24/h3-9H,10H2,1-2H3. The van der Waals surface area contributed by atoms with Crippen molar-refractivity contribution in [2.75, 3.05) is 18.5 Å². The molecule has 0 aliphatic heterocycles. The molecule has 1 unspecified atom stereocenters. The van der Waals surface area contributed by atoms with Gasteiger partial charge in [-0.1, -0.05) is 11.3 Å². The second-order valence-electron chi connectivity index (χ2n) is 6.05. The Morgan fingerprint density at radius 1 is 1.10 bits per heavy atom. The molecule has 0 bridgehead atoms. The van der Waals surface area contributed by atoms with E-state index in [0.717, 1.165) is 16.6 Å². The molecule has 166 valence electrons. The molecule has 0 aliphatic rings. The summed E-state index contributed by atoms with van der Waals surface area (Å²) in [7, 11) is 0.591. The minimum Gasteiger partial charge on any atom is -0.497 e. The van der Waals surface area contributed by atoms with Gasteiger partial charge in [-0.25, -0.2) is 13.6 Å². The number of ether oxygens (including phenoxy) is 2. The lowest BCUT2D eigenvalue weighted by Gasteiger charge is -2.22. The van der Waals surface area contributed by atoms with Crippen LogP contribution in [0.2, 0.25) is 0 Å². The number of hydrogen-bond acceptors (Lipinski definition) is 5. The van der Waals surface area contributed by atoms with Crippen LogP contribution in [-0.2, 0) is 23.7 Å². The van der Waals surface area contributed by atoms with Gasteiger partial charge in [-0.3, -0.25) is 4.31 Å². The van der Waals surface area contributed by atoms with Gasteiger partial charge in [-0.15, -0.1) is 0 Å². The number of aromatic nitrogens is 1. The molecular weight excluding hydrogens is 463 g/mol. The SMILES string of the molecule is COc1ccc(CN(c2ncc(F)s2)S(=O)c2ccc(F)c(C(F)(F)F)c2)c(OC)c1. The average Bonchev–Trinajstić information content (AvgIpc) is 3.16. The lowest BCUT2D eigenvalue weighted by Crippen LogP contribution is -2.26. The molecule has 0 radical (unpaired) electrons. The molecule has 3 aromatic rings. The Morgan fingerprint density at radius 3 is 2.42 bits per heavy atom. The topological polar surface area (TPSA) is 51.7 Å². The Labute approximate surface area is 180 Å². The lowest BCUT2D eigenvalue weighted by molar-refractivity contribution is -0.140. The molecule has 3 rings (SSSR count). The second-order valence-corrected chi connectivity index (χ2v) is 8.42. The predicted molar refractivity (Wildman–Crippen MR) is 106 cm³/mol. The van der Waals surface area contributed by atoms with E-state index in [1.165, 1.54) is 14.2 Å². The first-order chi connectivity index (χ1) is 14.6. The van der Waals surface area contributed by atoms with E-state index in [2.05, 4.69) is 4.98 Å². The fourth-order valence-corrected chi connectivity index (χ4v) is 4.62. The molecule has 31 heavy (non-hydrogen) atoms. The largest absolute Gasteiger partial charge is 0.497 e. The Kier molecular flexibility index (Phi) is 6.80. The van der Waals surface area contributed by atoms with Gasteiger partial charge in [0, 0.05) is 11.6 Å². The van der Waals surface area contributed by atoms with Gasteiger partial charge in [-0.05, 0) is 30.3 Å². The first-order valence-corrected chi connectivity index (χ1v) is 10.4. The monoisotopic (exact) mass is 478 g/mol. The van der Waals surface area contributed by atoms with Crippen LogP contribution in [0.25, 0.3) is 0 Å². The van der Waals surface area contributed by atoms with Crippen LogP contribution in [-0.4, -0.2) is 23.4 Å². The van der Waals surface area contributed by atoms with Crippen molar-refractivity contribution in [3.05, 3.63) is 64.7 Å². The number of halogens is 5.